The fourth-order valence-electron chi connectivity index (χ4n) is 5.60. The standard InChI is InChI=1S/C41H37N3O9/c1-24-5-13-28(14-6-24)36(45)42-33-21-22-44(41(49)43-33)37-35(53-40(48)31-19-11-27(4)12-20-31)34(52-39(47)30-17-9-26(3)10-18-30)32(51-37)23-50-38(46)29-15-7-25(2)8-16-29/h5-22,32,34-35,37H,23H2,1-4H3,(H,42,43,45,49)/t32-,34-,35-,37-/m1/s1. The third-order valence-corrected chi connectivity index (χ3v) is 8.67. The quantitative estimate of drug-likeness (QED) is 0.136. The molecule has 1 N–H and O–H groups in total. The third kappa shape index (κ3) is 8.74. The molecule has 0 spiro atoms. The summed E-state index contributed by atoms with van der Waals surface area (Å²) in [5.74, 6) is -2.71. The maximum absolute atomic E-state index is 13.6. The minimum Gasteiger partial charge on any atom is -0.459 e. The highest BCUT2D eigenvalue weighted by atomic mass is 16.7. The minimum atomic E-state index is -1.42. The Labute approximate surface area is 305 Å². The van der Waals surface area contributed by atoms with Crippen molar-refractivity contribution in [1.29, 1.82) is 0 Å². The van der Waals surface area contributed by atoms with Gasteiger partial charge < -0.3 is 24.3 Å². The van der Waals surface area contributed by atoms with Gasteiger partial charge in [0.2, 0.25) is 0 Å². The number of amides is 1. The number of carbonyl (C=O) groups is 4. The Kier molecular flexibility index (Phi) is 10.9. The highest BCUT2D eigenvalue weighted by molar-refractivity contribution is 6.03. The molecule has 2 heterocycles. The van der Waals surface area contributed by atoms with Gasteiger partial charge in [0, 0.05) is 11.8 Å². The SMILES string of the molecule is Cc1ccc(C(=O)Nc2ccn([C@@H]3O[C@H](COC(=O)c4ccc(C)cc4)[C@@H](OC(=O)c4ccc(C)cc4)[C@H]3OC(=O)c3ccc(C)cc3)c(=O)n2)cc1. The molecule has 270 valence electrons. The fraction of sp³-hybridized carbons (Fsp3) is 0.220. The van der Waals surface area contributed by atoms with E-state index < -0.39 is 60.7 Å². The molecule has 0 unspecified atom stereocenters. The number of anilines is 1. The zero-order valence-electron chi connectivity index (χ0n) is 29.5. The lowest BCUT2D eigenvalue weighted by molar-refractivity contribution is -0.0639. The molecule has 1 aliphatic heterocycles. The number of aryl methyl sites for hydroxylation is 4. The Morgan fingerprint density at radius 3 is 1.53 bits per heavy atom. The first-order valence-corrected chi connectivity index (χ1v) is 16.9. The van der Waals surface area contributed by atoms with Crippen LogP contribution in [0.15, 0.2) is 114 Å². The molecule has 1 saturated heterocycles. The normalized spacial score (nSPS) is 17.8. The number of hydrogen-bond donors (Lipinski definition) is 1. The largest absolute Gasteiger partial charge is 0.459 e. The second kappa shape index (κ2) is 15.9. The third-order valence-electron chi connectivity index (χ3n) is 8.67. The van der Waals surface area contributed by atoms with Gasteiger partial charge in [-0.05, 0) is 82.3 Å². The molecule has 12 heteroatoms. The number of carbonyl (C=O) groups excluding carboxylic acids is 4. The first-order chi connectivity index (χ1) is 25.4. The van der Waals surface area contributed by atoms with E-state index in [9.17, 15) is 24.0 Å². The molecule has 4 atom stereocenters. The molecular weight excluding hydrogens is 678 g/mol. The van der Waals surface area contributed by atoms with Crippen LogP contribution in [0.1, 0.15) is 69.9 Å². The maximum atomic E-state index is 13.6. The van der Waals surface area contributed by atoms with Crippen molar-refractivity contribution in [2.24, 2.45) is 0 Å². The van der Waals surface area contributed by atoms with Crippen molar-refractivity contribution in [3.05, 3.63) is 164 Å². The fourth-order valence-corrected chi connectivity index (χ4v) is 5.60. The zero-order chi connectivity index (χ0) is 37.6. The van der Waals surface area contributed by atoms with E-state index in [2.05, 4.69) is 10.3 Å². The van der Waals surface area contributed by atoms with Crippen molar-refractivity contribution in [2.45, 2.75) is 52.2 Å². The molecule has 53 heavy (non-hydrogen) atoms. The lowest BCUT2D eigenvalue weighted by Crippen LogP contribution is -2.42. The van der Waals surface area contributed by atoms with Crippen LogP contribution in [0.3, 0.4) is 0 Å². The Bertz CT molecular complexity index is 2180. The van der Waals surface area contributed by atoms with Crippen LogP contribution in [0.25, 0.3) is 0 Å². The van der Waals surface area contributed by atoms with E-state index in [1.54, 1.807) is 97.1 Å². The summed E-state index contributed by atoms with van der Waals surface area (Å²) in [5, 5.41) is 2.61. The van der Waals surface area contributed by atoms with E-state index >= 15 is 0 Å². The predicted octanol–water partition coefficient (Wildman–Crippen LogP) is 5.93. The van der Waals surface area contributed by atoms with Crippen LogP contribution in [-0.2, 0) is 18.9 Å². The van der Waals surface area contributed by atoms with Crippen LogP contribution in [-0.4, -0.2) is 58.3 Å². The van der Waals surface area contributed by atoms with Gasteiger partial charge in [-0.25, -0.2) is 19.2 Å². The average molecular weight is 716 g/mol. The van der Waals surface area contributed by atoms with Crippen molar-refractivity contribution in [3.63, 3.8) is 0 Å². The molecule has 0 saturated carbocycles. The van der Waals surface area contributed by atoms with E-state index in [4.69, 9.17) is 18.9 Å². The number of rotatable bonds is 10. The van der Waals surface area contributed by atoms with E-state index in [1.165, 1.54) is 12.3 Å². The average Bonchev–Trinajstić information content (AvgIpc) is 3.47. The van der Waals surface area contributed by atoms with E-state index in [0.29, 0.717) is 5.56 Å². The topological polar surface area (TPSA) is 152 Å². The summed E-state index contributed by atoms with van der Waals surface area (Å²) in [6, 6.07) is 28.3. The first kappa shape index (κ1) is 36.4. The van der Waals surface area contributed by atoms with Gasteiger partial charge in [0.15, 0.2) is 18.4 Å². The van der Waals surface area contributed by atoms with Gasteiger partial charge in [-0.15, -0.1) is 0 Å². The Balaban J connectivity index is 1.33. The molecule has 1 amide bonds. The number of nitrogens with one attached hydrogen (secondary N) is 1. The van der Waals surface area contributed by atoms with Crippen LogP contribution in [0.2, 0.25) is 0 Å². The summed E-state index contributed by atoms with van der Waals surface area (Å²) in [4.78, 5) is 70.6. The number of ether oxygens (including phenoxy) is 4. The molecule has 6 rings (SSSR count). The Morgan fingerprint density at radius 1 is 0.623 bits per heavy atom. The zero-order valence-corrected chi connectivity index (χ0v) is 29.5. The van der Waals surface area contributed by atoms with Gasteiger partial charge in [-0.2, -0.15) is 4.98 Å². The lowest BCUT2D eigenvalue weighted by Gasteiger charge is -2.25. The maximum Gasteiger partial charge on any atom is 0.351 e. The summed E-state index contributed by atoms with van der Waals surface area (Å²) in [5.41, 5.74) is 3.95. The summed E-state index contributed by atoms with van der Waals surface area (Å²) >= 11 is 0. The van der Waals surface area contributed by atoms with Crippen LogP contribution in [0, 0.1) is 27.7 Å². The highest BCUT2D eigenvalue weighted by Gasteiger charge is 2.51. The molecule has 4 aromatic carbocycles. The van der Waals surface area contributed by atoms with Crippen molar-refractivity contribution < 1.29 is 38.1 Å². The van der Waals surface area contributed by atoms with Crippen LogP contribution >= 0.6 is 0 Å². The number of esters is 3. The molecule has 1 aromatic heterocycles. The minimum absolute atomic E-state index is 0.0334. The van der Waals surface area contributed by atoms with Crippen molar-refractivity contribution in [3.8, 4) is 0 Å². The number of nitrogens with zero attached hydrogens (tertiary/aromatic N) is 2. The van der Waals surface area contributed by atoms with E-state index in [0.717, 1.165) is 26.8 Å². The second-order valence-corrected chi connectivity index (χ2v) is 12.8. The van der Waals surface area contributed by atoms with Crippen LogP contribution in [0.4, 0.5) is 5.82 Å². The second-order valence-electron chi connectivity index (χ2n) is 12.8. The van der Waals surface area contributed by atoms with Gasteiger partial charge >= 0.3 is 23.6 Å². The van der Waals surface area contributed by atoms with Crippen molar-refractivity contribution in [2.75, 3.05) is 11.9 Å². The highest BCUT2D eigenvalue weighted by Crippen LogP contribution is 2.35. The lowest BCUT2D eigenvalue weighted by atomic mass is 10.1. The number of aromatic nitrogens is 2. The van der Waals surface area contributed by atoms with E-state index in [-0.39, 0.29) is 22.5 Å². The monoisotopic (exact) mass is 715 g/mol. The predicted molar refractivity (Wildman–Crippen MR) is 194 cm³/mol. The van der Waals surface area contributed by atoms with Crippen LogP contribution in [0.5, 0.6) is 0 Å². The summed E-state index contributed by atoms with van der Waals surface area (Å²) in [7, 11) is 0. The molecule has 1 fully saturated rings. The van der Waals surface area contributed by atoms with Gasteiger partial charge in [0.1, 0.15) is 18.5 Å². The molecule has 0 aliphatic carbocycles. The summed E-state index contributed by atoms with van der Waals surface area (Å²) in [6.45, 7) is 7.08. The summed E-state index contributed by atoms with van der Waals surface area (Å²) < 4.78 is 24.9. The molecule has 1 aliphatic rings. The Morgan fingerprint density at radius 2 is 1.06 bits per heavy atom. The Hall–Kier alpha value is -6.40. The van der Waals surface area contributed by atoms with Gasteiger partial charge in [0.05, 0.1) is 16.7 Å². The number of benzene rings is 4. The molecule has 0 bridgehead atoms. The molecule has 0 radical (unpaired) electrons. The van der Waals surface area contributed by atoms with Gasteiger partial charge in [0.25, 0.3) is 5.91 Å². The van der Waals surface area contributed by atoms with Gasteiger partial charge in [-0.3, -0.25) is 9.36 Å². The van der Waals surface area contributed by atoms with Crippen LogP contribution < -0.4 is 11.0 Å². The van der Waals surface area contributed by atoms with Crippen molar-refractivity contribution in [1.82, 2.24) is 9.55 Å². The van der Waals surface area contributed by atoms with E-state index in [1.807, 2.05) is 27.7 Å². The van der Waals surface area contributed by atoms with Crippen molar-refractivity contribution >= 4 is 29.6 Å². The molecular formula is C41H37N3O9. The summed E-state index contributed by atoms with van der Waals surface area (Å²) in [6.07, 6.45) is -4.06. The first-order valence-electron chi connectivity index (χ1n) is 16.9. The number of hydrogen-bond acceptors (Lipinski definition) is 10. The molecule has 12 nitrogen and oxygen atoms in total. The van der Waals surface area contributed by atoms with Gasteiger partial charge in [-0.1, -0.05) is 70.8 Å². The smallest absolute Gasteiger partial charge is 0.351 e. The molecule has 5 aromatic rings.